The summed E-state index contributed by atoms with van der Waals surface area (Å²) >= 11 is 0. The first-order valence-electron chi connectivity index (χ1n) is 12.1. The van der Waals surface area contributed by atoms with Gasteiger partial charge in [0.05, 0.1) is 64.7 Å². The average molecular weight is 501 g/mol. The van der Waals surface area contributed by atoms with Gasteiger partial charge in [-0.2, -0.15) is 0 Å². The Bertz CT molecular complexity index is 1130. The second-order valence-electron chi connectivity index (χ2n) is 9.48. The number of carbonyl (C=O) groups is 2. The van der Waals surface area contributed by atoms with Crippen LogP contribution < -0.4 is 0 Å². The number of ketones is 2. The third-order valence-electron chi connectivity index (χ3n) is 5.44. The zero-order valence-electron chi connectivity index (χ0n) is 21.5. The SMILES string of the molecule is COCCOCCOCCOCCn1cc(C(=O)Cc2ccc3[nH]c(C(=O)C(C)(C)C)cc3c2)nn1. The third-order valence-corrected chi connectivity index (χ3v) is 5.44. The first kappa shape index (κ1) is 27.7. The highest BCUT2D eigenvalue weighted by molar-refractivity contribution is 6.02. The molecule has 3 aromatic rings. The number of rotatable bonds is 16. The third kappa shape index (κ3) is 8.34. The standard InChI is InChI=1S/C26H36N4O6/c1-26(2,3)25(32)22-17-20-15-19(5-6-21(20)27-22)16-24(31)23-18-30(29-28-23)7-8-34-11-12-36-14-13-35-10-9-33-4/h5-6,15,17-18,27H,7-14,16H2,1-4H3. The van der Waals surface area contributed by atoms with Crippen LogP contribution in [-0.2, 0) is 31.9 Å². The molecule has 2 heterocycles. The molecular formula is C26H36N4O6. The number of carbonyl (C=O) groups excluding carboxylic acids is 2. The highest BCUT2D eigenvalue weighted by Crippen LogP contribution is 2.24. The van der Waals surface area contributed by atoms with Crippen LogP contribution in [0.15, 0.2) is 30.5 Å². The normalized spacial score (nSPS) is 11.9. The number of nitrogens with zero attached hydrogens (tertiary/aromatic N) is 3. The topological polar surface area (TPSA) is 118 Å². The molecule has 3 rings (SSSR count). The highest BCUT2D eigenvalue weighted by atomic mass is 16.6. The summed E-state index contributed by atoms with van der Waals surface area (Å²) in [5.74, 6) is -0.0723. The van der Waals surface area contributed by atoms with Crippen LogP contribution in [0.2, 0.25) is 0 Å². The number of aromatic amines is 1. The summed E-state index contributed by atoms with van der Waals surface area (Å²) in [4.78, 5) is 28.5. The molecule has 1 aromatic carbocycles. The van der Waals surface area contributed by atoms with Gasteiger partial charge in [0, 0.05) is 29.8 Å². The van der Waals surface area contributed by atoms with E-state index in [0.717, 1.165) is 16.5 Å². The Morgan fingerprint density at radius 3 is 2.28 bits per heavy atom. The summed E-state index contributed by atoms with van der Waals surface area (Å²) in [6.07, 6.45) is 1.83. The highest BCUT2D eigenvalue weighted by Gasteiger charge is 2.24. The molecule has 2 aromatic heterocycles. The molecule has 0 atom stereocenters. The van der Waals surface area contributed by atoms with Gasteiger partial charge in [-0.1, -0.05) is 32.1 Å². The lowest BCUT2D eigenvalue weighted by Crippen LogP contribution is -2.20. The summed E-state index contributed by atoms with van der Waals surface area (Å²) < 4.78 is 22.8. The fourth-order valence-corrected chi connectivity index (χ4v) is 3.47. The zero-order valence-corrected chi connectivity index (χ0v) is 21.5. The van der Waals surface area contributed by atoms with Crippen LogP contribution in [0, 0.1) is 5.41 Å². The summed E-state index contributed by atoms with van der Waals surface area (Å²) in [7, 11) is 1.63. The minimum atomic E-state index is -0.468. The Morgan fingerprint density at radius 1 is 0.944 bits per heavy atom. The van der Waals surface area contributed by atoms with E-state index in [0.29, 0.717) is 64.2 Å². The van der Waals surface area contributed by atoms with Gasteiger partial charge in [-0.25, -0.2) is 4.68 Å². The molecule has 0 unspecified atom stereocenters. The molecule has 0 spiro atoms. The van der Waals surface area contributed by atoms with Crippen molar-refractivity contribution < 1.29 is 28.5 Å². The number of benzene rings is 1. The fourth-order valence-electron chi connectivity index (χ4n) is 3.47. The van der Waals surface area contributed by atoms with E-state index in [2.05, 4.69) is 15.3 Å². The van der Waals surface area contributed by atoms with Gasteiger partial charge in [-0.15, -0.1) is 5.10 Å². The molecule has 0 amide bonds. The van der Waals surface area contributed by atoms with Gasteiger partial charge in [0.25, 0.3) is 0 Å². The predicted molar refractivity (Wildman–Crippen MR) is 134 cm³/mol. The van der Waals surface area contributed by atoms with Crippen molar-refractivity contribution in [3.05, 3.63) is 47.4 Å². The molecule has 0 fully saturated rings. The van der Waals surface area contributed by atoms with Crippen molar-refractivity contribution in [3.63, 3.8) is 0 Å². The zero-order chi connectivity index (χ0) is 26.0. The number of ether oxygens (including phenoxy) is 4. The van der Waals surface area contributed by atoms with Gasteiger partial charge in [-0.05, 0) is 23.8 Å². The summed E-state index contributed by atoms with van der Waals surface area (Å²) in [6.45, 7) is 9.70. The molecule has 10 nitrogen and oxygen atoms in total. The minimum absolute atomic E-state index is 0.0489. The molecule has 0 saturated heterocycles. The number of hydrogen-bond acceptors (Lipinski definition) is 8. The maximum absolute atomic E-state index is 12.7. The van der Waals surface area contributed by atoms with Crippen molar-refractivity contribution in [2.24, 2.45) is 5.41 Å². The van der Waals surface area contributed by atoms with Crippen LogP contribution in [0.3, 0.4) is 0 Å². The molecule has 0 saturated carbocycles. The van der Waals surface area contributed by atoms with Crippen molar-refractivity contribution in [2.45, 2.75) is 33.7 Å². The fraction of sp³-hybridized carbons (Fsp3) is 0.538. The molecule has 0 bridgehead atoms. The number of hydrogen-bond donors (Lipinski definition) is 1. The molecule has 0 aliphatic heterocycles. The van der Waals surface area contributed by atoms with Crippen LogP contribution in [0.4, 0.5) is 0 Å². The van der Waals surface area contributed by atoms with Crippen molar-refractivity contribution in [2.75, 3.05) is 53.4 Å². The lowest BCUT2D eigenvalue weighted by Gasteiger charge is -2.14. The monoisotopic (exact) mass is 500 g/mol. The van der Waals surface area contributed by atoms with E-state index < -0.39 is 5.41 Å². The molecule has 1 N–H and O–H groups in total. The molecule has 10 heteroatoms. The van der Waals surface area contributed by atoms with Gasteiger partial charge in [0.1, 0.15) is 5.69 Å². The van der Waals surface area contributed by atoms with Gasteiger partial charge in [0.15, 0.2) is 11.6 Å². The molecule has 0 aliphatic carbocycles. The van der Waals surface area contributed by atoms with Gasteiger partial charge < -0.3 is 23.9 Å². The Labute approximate surface area is 211 Å². The van der Waals surface area contributed by atoms with Gasteiger partial charge in [-0.3, -0.25) is 9.59 Å². The van der Waals surface area contributed by atoms with E-state index in [1.807, 2.05) is 45.0 Å². The molecule has 36 heavy (non-hydrogen) atoms. The quantitative estimate of drug-likeness (QED) is 0.236. The van der Waals surface area contributed by atoms with E-state index in [1.165, 1.54) is 0 Å². The van der Waals surface area contributed by atoms with Crippen LogP contribution in [0.5, 0.6) is 0 Å². The van der Waals surface area contributed by atoms with Crippen molar-refractivity contribution in [1.29, 1.82) is 0 Å². The van der Waals surface area contributed by atoms with E-state index in [-0.39, 0.29) is 18.0 Å². The van der Waals surface area contributed by atoms with Gasteiger partial charge in [0.2, 0.25) is 0 Å². The number of aromatic nitrogens is 4. The summed E-state index contributed by atoms with van der Waals surface area (Å²) in [5.41, 5.74) is 2.13. The van der Waals surface area contributed by atoms with Crippen molar-refractivity contribution in [1.82, 2.24) is 20.0 Å². The van der Waals surface area contributed by atoms with Crippen LogP contribution in [-0.4, -0.2) is 84.9 Å². The first-order valence-corrected chi connectivity index (χ1v) is 12.1. The second kappa shape index (κ2) is 13.4. The maximum atomic E-state index is 12.7. The van der Waals surface area contributed by atoms with Crippen molar-refractivity contribution in [3.8, 4) is 0 Å². The number of Topliss-reactive ketones (excluding diaryl/α,β-unsaturated/α-hetero) is 2. The largest absolute Gasteiger partial charge is 0.382 e. The Morgan fingerprint density at radius 2 is 1.61 bits per heavy atom. The Hall–Kier alpha value is -2.92. The van der Waals surface area contributed by atoms with Crippen LogP contribution >= 0.6 is 0 Å². The molecule has 196 valence electrons. The van der Waals surface area contributed by atoms with E-state index in [4.69, 9.17) is 18.9 Å². The van der Waals surface area contributed by atoms with Gasteiger partial charge >= 0.3 is 0 Å². The minimum Gasteiger partial charge on any atom is -0.382 e. The smallest absolute Gasteiger partial charge is 0.189 e. The summed E-state index contributed by atoms with van der Waals surface area (Å²) in [5, 5.41) is 8.93. The summed E-state index contributed by atoms with van der Waals surface area (Å²) in [6, 6.07) is 7.54. The number of methoxy groups -OCH3 is 1. The van der Waals surface area contributed by atoms with Crippen LogP contribution in [0.25, 0.3) is 10.9 Å². The Kier molecular flexibility index (Phi) is 10.3. The first-order chi connectivity index (χ1) is 17.3. The lowest BCUT2D eigenvalue weighted by molar-refractivity contribution is 0.00244. The molecule has 0 aliphatic rings. The Balaban J connectivity index is 1.40. The predicted octanol–water partition coefficient (Wildman–Crippen LogP) is 3.11. The van der Waals surface area contributed by atoms with Crippen molar-refractivity contribution >= 4 is 22.5 Å². The average Bonchev–Trinajstić information content (AvgIpc) is 3.48. The maximum Gasteiger partial charge on any atom is 0.189 e. The molecular weight excluding hydrogens is 464 g/mol. The number of nitrogens with one attached hydrogen (secondary N) is 1. The van der Waals surface area contributed by atoms with E-state index >= 15 is 0 Å². The van der Waals surface area contributed by atoms with E-state index in [1.54, 1.807) is 18.0 Å². The number of H-pyrrole nitrogens is 1. The van der Waals surface area contributed by atoms with E-state index in [9.17, 15) is 9.59 Å². The lowest BCUT2D eigenvalue weighted by atomic mass is 9.89. The second-order valence-corrected chi connectivity index (χ2v) is 9.48. The molecule has 0 radical (unpaired) electrons. The van der Waals surface area contributed by atoms with Crippen LogP contribution in [0.1, 0.15) is 47.3 Å². The number of fused-ring (bicyclic) bond motifs is 1.